The number of anilines is 2. The van der Waals surface area contributed by atoms with E-state index in [-0.39, 0.29) is 0 Å². The smallest absolute Gasteiger partial charge is 0.0466 e. The normalized spacial score (nSPS) is 14.5. The summed E-state index contributed by atoms with van der Waals surface area (Å²) < 4.78 is 0. The summed E-state index contributed by atoms with van der Waals surface area (Å²) in [7, 11) is 0. The summed E-state index contributed by atoms with van der Waals surface area (Å²) in [6.07, 6.45) is 4.85. The zero-order valence-electron chi connectivity index (χ0n) is 11.0. The Morgan fingerprint density at radius 2 is 2.10 bits per heavy atom. The van der Waals surface area contributed by atoms with Crippen molar-refractivity contribution in [1.29, 1.82) is 0 Å². The lowest BCUT2D eigenvalue weighted by molar-refractivity contribution is 0.746. The average Bonchev–Trinajstić information content (AvgIpc) is 2.95. The summed E-state index contributed by atoms with van der Waals surface area (Å²) in [6, 6.07) is 8.36. The quantitative estimate of drug-likeness (QED) is 0.695. The Bertz CT molecular complexity index is 778. The molecule has 1 aromatic carbocycles. The number of thiophene rings is 1. The minimum atomic E-state index is 0.819. The first-order valence-corrected chi connectivity index (χ1v) is 7.63. The Balaban J connectivity index is 1.82. The molecule has 0 saturated carbocycles. The molecule has 0 amide bonds. The Labute approximate surface area is 121 Å². The molecule has 2 N–H and O–H groups in total. The zero-order valence-corrected chi connectivity index (χ0v) is 11.9. The first kappa shape index (κ1) is 11.7. The monoisotopic (exact) mass is 281 g/mol. The third-order valence-corrected chi connectivity index (χ3v) is 5.00. The molecule has 1 aliphatic rings. The fourth-order valence-electron chi connectivity index (χ4n) is 2.93. The van der Waals surface area contributed by atoms with Crippen LogP contribution in [0.25, 0.3) is 10.8 Å². The molecule has 0 fully saturated rings. The van der Waals surface area contributed by atoms with Crippen molar-refractivity contribution in [2.24, 2.45) is 0 Å². The van der Waals surface area contributed by atoms with Crippen LogP contribution in [0.3, 0.4) is 0 Å². The molecule has 1 aliphatic heterocycles. The molecule has 100 valence electrons. The van der Waals surface area contributed by atoms with E-state index in [1.807, 2.05) is 29.7 Å². The SMILES string of the molecule is Nc1ccc(N2CCc3sccc3C2)c2cnccc12. The molecule has 0 saturated heterocycles. The minimum Gasteiger partial charge on any atom is -0.398 e. The molecule has 20 heavy (non-hydrogen) atoms. The van der Waals surface area contributed by atoms with E-state index >= 15 is 0 Å². The summed E-state index contributed by atoms with van der Waals surface area (Å²) in [4.78, 5) is 8.22. The van der Waals surface area contributed by atoms with Gasteiger partial charge in [0.05, 0.1) is 0 Å². The largest absolute Gasteiger partial charge is 0.398 e. The van der Waals surface area contributed by atoms with Crippen molar-refractivity contribution in [3.63, 3.8) is 0 Å². The van der Waals surface area contributed by atoms with Crippen LogP contribution in [0.4, 0.5) is 11.4 Å². The standard InChI is InChI=1S/C16H15N3S/c17-14-1-2-15(13-9-18-6-3-12(13)14)19-7-4-16-11(10-19)5-8-20-16/h1-3,5-6,8-9H,4,7,10,17H2. The Kier molecular flexibility index (Phi) is 2.63. The molecule has 0 bridgehead atoms. The lowest BCUT2D eigenvalue weighted by Gasteiger charge is -2.30. The fourth-order valence-corrected chi connectivity index (χ4v) is 3.82. The highest BCUT2D eigenvalue weighted by atomic mass is 32.1. The summed E-state index contributed by atoms with van der Waals surface area (Å²) >= 11 is 1.87. The predicted octanol–water partition coefficient (Wildman–Crippen LogP) is 3.44. The number of aromatic nitrogens is 1. The average molecular weight is 281 g/mol. The molecule has 4 rings (SSSR count). The van der Waals surface area contributed by atoms with Gasteiger partial charge in [0.2, 0.25) is 0 Å². The van der Waals surface area contributed by atoms with Crippen LogP contribution in [0.2, 0.25) is 0 Å². The second kappa shape index (κ2) is 4.49. The first-order valence-electron chi connectivity index (χ1n) is 6.75. The molecule has 3 nitrogen and oxygen atoms in total. The van der Waals surface area contributed by atoms with Crippen LogP contribution in [-0.4, -0.2) is 11.5 Å². The molecule has 2 aromatic heterocycles. The van der Waals surface area contributed by atoms with Crippen molar-refractivity contribution < 1.29 is 0 Å². The van der Waals surface area contributed by atoms with E-state index < -0.39 is 0 Å². The molecule has 3 aromatic rings. The predicted molar refractivity (Wildman–Crippen MR) is 85.2 cm³/mol. The molecule has 0 radical (unpaired) electrons. The van der Waals surface area contributed by atoms with Crippen molar-refractivity contribution in [3.8, 4) is 0 Å². The number of nitrogens with two attached hydrogens (primary N) is 1. The van der Waals surface area contributed by atoms with Crippen LogP contribution in [0.1, 0.15) is 10.4 Å². The van der Waals surface area contributed by atoms with Gasteiger partial charge in [0.25, 0.3) is 0 Å². The van der Waals surface area contributed by atoms with Crippen LogP contribution >= 0.6 is 11.3 Å². The van der Waals surface area contributed by atoms with E-state index in [1.54, 1.807) is 6.20 Å². The van der Waals surface area contributed by atoms with E-state index in [0.29, 0.717) is 0 Å². The van der Waals surface area contributed by atoms with Crippen molar-refractivity contribution in [3.05, 3.63) is 52.5 Å². The van der Waals surface area contributed by atoms with Crippen molar-refractivity contribution in [2.75, 3.05) is 17.2 Å². The Morgan fingerprint density at radius 3 is 3.05 bits per heavy atom. The van der Waals surface area contributed by atoms with Gasteiger partial charge in [-0.2, -0.15) is 0 Å². The molecule has 3 heterocycles. The number of pyridine rings is 1. The summed E-state index contributed by atoms with van der Waals surface area (Å²) in [5, 5.41) is 4.43. The summed E-state index contributed by atoms with van der Waals surface area (Å²) in [5.41, 5.74) is 9.58. The number of rotatable bonds is 1. The van der Waals surface area contributed by atoms with Gasteiger partial charge in [-0.15, -0.1) is 11.3 Å². The van der Waals surface area contributed by atoms with Crippen molar-refractivity contribution in [1.82, 2.24) is 4.98 Å². The summed E-state index contributed by atoms with van der Waals surface area (Å²) in [5.74, 6) is 0. The van der Waals surface area contributed by atoms with Crippen LogP contribution in [0, 0.1) is 0 Å². The molecular weight excluding hydrogens is 266 g/mol. The van der Waals surface area contributed by atoms with Gasteiger partial charge in [0.15, 0.2) is 0 Å². The lowest BCUT2D eigenvalue weighted by atomic mass is 10.0. The van der Waals surface area contributed by atoms with Crippen LogP contribution < -0.4 is 10.6 Å². The number of nitrogen functional groups attached to an aromatic ring is 1. The molecule has 4 heteroatoms. The topological polar surface area (TPSA) is 42.1 Å². The Hall–Kier alpha value is -2.07. The minimum absolute atomic E-state index is 0.819. The van der Waals surface area contributed by atoms with Crippen LogP contribution in [0.15, 0.2) is 42.0 Å². The van der Waals surface area contributed by atoms with E-state index in [9.17, 15) is 0 Å². The third-order valence-electron chi connectivity index (χ3n) is 3.98. The van der Waals surface area contributed by atoms with Gasteiger partial charge in [-0.25, -0.2) is 0 Å². The number of benzene rings is 1. The zero-order chi connectivity index (χ0) is 13.5. The molecule has 0 spiro atoms. The maximum atomic E-state index is 6.07. The van der Waals surface area contributed by atoms with Gasteiger partial charge >= 0.3 is 0 Å². The molecular formula is C16H15N3S. The van der Waals surface area contributed by atoms with E-state index in [0.717, 1.165) is 36.0 Å². The highest BCUT2D eigenvalue weighted by molar-refractivity contribution is 7.10. The lowest BCUT2D eigenvalue weighted by Crippen LogP contribution is -2.29. The molecule has 0 unspecified atom stereocenters. The van der Waals surface area contributed by atoms with Crippen LogP contribution in [0.5, 0.6) is 0 Å². The summed E-state index contributed by atoms with van der Waals surface area (Å²) in [6.45, 7) is 2.04. The fraction of sp³-hybridized carbons (Fsp3) is 0.188. The number of fused-ring (bicyclic) bond motifs is 2. The third kappa shape index (κ3) is 1.76. The van der Waals surface area contributed by atoms with Gasteiger partial charge in [0, 0.05) is 52.5 Å². The van der Waals surface area contributed by atoms with Gasteiger partial charge in [-0.3, -0.25) is 4.98 Å². The van der Waals surface area contributed by atoms with Gasteiger partial charge < -0.3 is 10.6 Å². The second-order valence-electron chi connectivity index (χ2n) is 5.14. The van der Waals surface area contributed by atoms with E-state index in [2.05, 4.69) is 27.4 Å². The van der Waals surface area contributed by atoms with Gasteiger partial charge in [-0.05, 0) is 41.6 Å². The highest BCUT2D eigenvalue weighted by Crippen LogP contribution is 2.34. The molecule has 0 atom stereocenters. The maximum Gasteiger partial charge on any atom is 0.0466 e. The molecule has 0 aliphatic carbocycles. The number of nitrogens with zero attached hydrogens (tertiary/aromatic N) is 2. The highest BCUT2D eigenvalue weighted by Gasteiger charge is 2.19. The maximum absolute atomic E-state index is 6.07. The van der Waals surface area contributed by atoms with E-state index in [1.165, 1.54) is 16.1 Å². The van der Waals surface area contributed by atoms with Crippen molar-refractivity contribution in [2.45, 2.75) is 13.0 Å². The number of hydrogen-bond donors (Lipinski definition) is 1. The van der Waals surface area contributed by atoms with E-state index in [4.69, 9.17) is 5.73 Å². The van der Waals surface area contributed by atoms with Gasteiger partial charge in [0.1, 0.15) is 0 Å². The van der Waals surface area contributed by atoms with Crippen molar-refractivity contribution >= 4 is 33.5 Å². The second-order valence-corrected chi connectivity index (χ2v) is 6.14. The Morgan fingerprint density at radius 1 is 1.15 bits per heavy atom. The van der Waals surface area contributed by atoms with Gasteiger partial charge in [-0.1, -0.05) is 0 Å². The first-order chi connectivity index (χ1) is 9.83. The number of hydrogen-bond acceptors (Lipinski definition) is 4. The van der Waals surface area contributed by atoms with Crippen LogP contribution in [-0.2, 0) is 13.0 Å².